The van der Waals surface area contributed by atoms with Gasteiger partial charge in [0, 0.05) is 4.90 Å². The molecule has 0 aliphatic carbocycles. The van der Waals surface area contributed by atoms with Crippen LogP contribution in [0.4, 0.5) is 0 Å². The molecule has 0 spiro atoms. The Labute approximate surface area is 143 Å². The minimum atomic E-state index is 0.0474. The summed E-state index contributed by atoms with van der Waals surface area (Å²) in [6, 6.07) is 18.4. The maximum absolute atomic E-state index is 12.4. The predicted octanol–water partition coefficient (Wildman–Crippen LogP) is 2.09. The van der Waals surface area contributed by atoms with Crippen molar-refractivity contribution in [3.63, 3.8) is 0 Å². The van der Waals surface area contributed by atoms with Gasteiger partial charge in [-0.2, -0.15) is 0 Å². The van der Waals surface area contributed by atoms with Gasteiger partial charge in [-0.05, 0) is 24.1 Å². The summed E-state index contributed by atoms with van der Waals surface area (Å²) < 4.78 is 0. The van der Waals surface area contributed by atoms with Gasteiger partial charge in [0.2, 0.25) is 5.91 Å². The zero-order valence-corrected chi connectivity index (χ0v) is 14.8. The van der Waals surface area contributed by atoms with Crippen molar-refractivity contribution in [3.05, 3.63) is 65.7 Å². The molecule has 2 aromatic rings. The van der Waals surface area contributed by atoms with Crippen molar-refractivity contribution in [2.45, 2.75) is 17.9 Å². The fourth-order valence-corrected chi connectivity index (χ4v) is 3.28. The van der Waals surface area contributed by atoms with Crippen LogP contribution in [0.5, 0.6) is 0 Å². The second kappa shape index (κ2) is 8.75. The van der Waals surface area contributed by atoms with Crippen molar-refractivity contribution in [3.8, 4) is 0 Å². The standard InChI is InChI=1S/C19H24N2OS/c1-15-9-7-8-12-18(15)23-14-19(22)20-17(13-21(2)3)16-10-5-4-6-11-16/h4-12,17H,13-14H2,1-3H3,(H,20,22)/p+1/t17-/m1/s1. The number of amides is 1. The lowest BCUT2D eigenvalue weighted by Crippen LogP contribution is -3.06. The number of quaternary nitrogens is 1. The molecular formula is C19H25N2OS+. The number of nitrogens with one attached hydrogen (secondary N) is 2. The van der Waals surface area contributed by atoms with Crippen LogP contribution in [-0.4, -0.2) is 32.3 Å². The third kappa shape index (κ3) is 5.73. The van der Waals surface area contributed by atoms with E-state index in [4.69, 9.17) is 0 Å². The van der Waals surface area contributed by atoms with Gasteiger partial charge in [-0.3, -0.25) is 4.79 Å². The van der Waals surface area contributed by atoms with Crippen LogP contribution in [0, 0.1) is 6.92 Å². The summed E-state index contributed by atoms with van der Waals surface area (Å²) >= 11 is 1.59. The van der Waals surface area contributed by atoms with E-state index in [0.717, 1.165) is 17.0 Å². The Morgan fingerprint density at radius 2 is 1.74 bits per heavy atom. The quantitative estimate of drug-likeness (QED) is 0.763. The molecule has 122 valence electrons. The van der Waals surface area contributed by atoms with Crippen LogP contribution in [0.2, 0.25) is 0 Å². The fourth-order valence-electron chi connectivity index (χ4n) is 2.44. The van der Waals surface area contributed by atoms with Gasteiger partial charge in [-0.25, -0.2) is 0 Å². The zero-order chi connectivity index (χ0) is 16.7. The molecular weight excluding hydrogens is 304 g/mol. The molecule has 0 unspecified atom stereocenters. The van der Waals surface area contributed by atoms with E-state index in [9.17, 15) is 4.79 Å². The average Bonchev–Trinajstić information content (AvgIpc) is 2.54. The van der Waals surface area contributed by atoms with Crippen LogP contribution >= 0.6 is 11.8 Å². The molecule has 2 rings (SSSR count). The van der Waals surface area contributed by atoms with Gasteiger partial charge in [0.15, 0.2) is 0 Å². The summed E-state index contributed by atoms with van der Waals surface area (Å²) in [6.07, 6.45) is 0. The molecule has 2 N–H and O–H groups in total. The monoisotopic (exact) mass is 329 g/mol. The number of aryl methyl sites for hydroxylation is 1. The number of hydrogen-bond donors (Lipinski definition) is 2. The molecule has 4 heteroatoms. The highest BCUT2D eigenvalue weighted by molar-refractivity contribution is 8.00. The van der Waals surface area contributed by atoms with Crippen molar-refractivity contribution in [1.29, 1.82) is 0 Å². The van der Waals surface area contributed by atoms with Crippen molar-refractivity contribution < 1.29 is 9.69 Å². The maximum atomic E-state index is 12.4. The first-order chi connectivity index (χ1) is 11.1. The van der Waals surface area contributed by atoms with Crippen LogP contribution < -0.4 is 10.2 Å². The fraction of sp³-hybridized carbons (Fsp3) is 0.316. The van der Waals surface area contributed by atoms with Gasteiger partial charge in [0.1, 0.15) is 12.6 Å². The van der Waals surface area contributed by atoms with Gasteiger partial charge in [-0.15, -0.1) is 11.8 Å². The second-order valence-electron chi connectivity index (χ2n) is 6.00. The van der Waals surface area contributed by atoms with Gasteiger partial charge >= 0.3 is 0 Å². The Balaban J connectivity index is 1.96. The van der Waals surface area contributed by atoms with Gasteiger partial charge in [0.05, 0.1) is 19.8 Å². The van der Waals surface area contributed by atoms with Crippen LogP contribution in [0.3, 0.4) is 0 Å². The molecule has 0 bridgehead atoms. The number of likely N-dealkylation sites (N-methyl/N-ethyl adjacent to an activating group) is 1. The van der Waals surface area contributed by atoms with E-state index in [2.05, 4.69) is 50.6 Å². The maximum Gasteiger partial charge on any atom is 0.231 e. The SMILES string of the molecule is Cc1ccccc1SCC(=O)N[C@H](C[NH+](C)C)c1ccccc1. The Hall–Kier alpha value is -1.78. The largest absolute Gasteiger partial charge is 0.343 e. The highest BCUT2D eigenvalue weighted by Gasteiger charge is 2.17. The summed E-state index contributed by atoms with van der Waals surface area (Å²) in [6.45, 7) is 2.94. The summed E-state index contributed by atoms with van der Waals surface area (Å²) in [4.78, 5) is 14.8. The number of carbonyl (C=O) groups is 1. The molecule has 0 aliphatic rings. The van der Waals surface area contributed by atoms with E-state index in [1.54, 1.807) is 11.8 Å². The van der Waals surface area contributed by atoms with Crippen LogP contribution in [0.15, 0.2) is 59.5 Å². The molecule has 0 heterocycles. The van der Waals surface area contributed by atoms with Crippen LogP contribution in [-0.2, 0) is 4.79 Å². The summed E-state index contributed by atoms with van der Waals surface area (Å²) in [5.41, 5.74) is 2.37. The van der Waals surface area contributed by atoms with Crippen molar-refractivity contribution in [1.82, 2.24) is 5.32 Å². The molecule has 1 amide bonds. The molecule has 1 atom stereocenters. The van der Waals surface area contributed by atoms with E-state index in [0.29, 0.717) is 5.75 Å². The van der Waals surface area contributed by atoms with E-state index in [1.165, 1.54) is 10.5 Å². The Morgan fingerprint density at radius 1 is 1.09 bits per heavy atom. The lowest BCUT2D eigenvalue weighted by Gasteiger charge is -2.21. The number of carbonyl (C=O) groups excluding carboxylic acids is 1. The predicted molar refractivity (Wildman–Crippen MR) is 96.9 cm³/mol. The van der Waals surface area contributed by atoms with E-state index in [-0.39, 0.29) is 11.9 Å². The smallest absolute Gasteiger partial charge is 0.231 e. The molecule has 3 nitrogen and oxygen atoms in total. The number of thioether (sulfide) groups is 1. The highest BCUT2D eigenvalue weighted by Crippen LogP contribution is 2.21. The Kier molecular flexibility index (Phi) is 6.68. The molecule has 23 heavy (non-hydrogen) atoms. The lowest BCUT2D eigenvalue weighted by molar-refractivity contribution is -0.860. The zero-order valence-electron chi connectivity index (χ0n) is 14.0. The van der Waals surface area contributed by atoms with Crippen molar-refractivity contribution in [2.75, 3.05) is 26.4 Å². The number of benzene rings is 2. The van der Waals surface area contributed by atoms with E-state index in [1.807, 2.05) is 30.3 Å². The minimum absolute atomic E-state index is 0.0474. The summed E-state index contributed by atoms with van der Waals surface area (Å²) in [5.74, 6) is 0.519. The molecule has 2 aromatic carbocycles. The first-order valence-corrected chi connectivity index (χ1v) is 8.86. The molecule has 0 saturated heterocycles. The first kappa shape index (κ1) is 17.6. The van der Waals surface area contributed by atoms with E-state index >= 15 is 0 Å². The van der Waals surface area contributed by atoms with Crippen LogP contribution in [0.1, 0.15) is 17.2 Å². The Morgan fingerprint density at radius 3 is 2.39 bits per heavy atom. The highest BCUT2D eigenvalue weighted by atomic mass is 32.2. The molecule has 0 saturated carbocycles. The molecule has 0 aromatic heterocycles. The third-order valence-electron chi connectivity index (χ3n) is 3.60. The Bertz CT molecular complexity index is 628. The van der Waals surface area contributed by atoms with Crippen molar-refractivity contribution >= 4 is 17.7 Å². The lowest BCUT2D eigenvalue weighted by atomic mass is 10.1. The molecule has 0 aliphatic heterocycles. The number of hydrogen-bond acceptors (Lipinski definition) is 2. The first-order valence-electron chi connectivity index (χ1n) is 7.88. The number of rotatable bonds is 7. The van der Waals surface area contributed by atoms with Crippen molar-refractivity contribution in [2.24, 2.45) is 0 Å². The summed E-state index contributed by atoms with van der Waals surface area (Å²) in [5, 5.41) is 3.17. The van der Waals surface area contributed by atoms with E-state index < -0.39 is 0 Å². The van der Waals surface area contributed by atoms with Gasteiger partial charge in [-0.1, -0.05) is 48.5 Å². The molecule has 0 radical (unpaired) electrons. The normalized spacial score (nSPS) is 12.2. The van der Waals surface area contributed by atoms with Gasteiger partial charge in [0.25, 0.3) is 0 Å². The third-order valence-corrected chi connectivity index (χ3v) is 4.78. The average molecular weight is 329 g/mol. The van der Waals surface area contributed by atoms with Gasteiger partial charge < -0.3 is 10.2 Å². The van der Waals surface area contributed by atoms with Crippen LogP contribution in [0.25, 0.3) is 0 Å². The topological polar surface area (TPSA) is 33.5 Å². The molecule has 0 fully saturated rings. The minimum Gasteiger partial charge on any atom is -0.343 e. The summed E-state index contributed by atoms with van der Waals surface area (Å²) in [7, 11) is 4.20. The second-order valence-corrected chi connectivity index (χ2v) is 7.01.